The van der Waals surface area contributed by atoms with Gasteiger partial charge < -0.3 is 71.6 Å². The summed E-state index contributed by atoms with van der Waals surface area (Å²) in [7, 11) is 3.30. The first-order valence-corrected chi connectivity index (χ1v) is 8.13. The van der Waals surface area contributed by atoms with Crippen LogP contribution in [0.15, 0.2) is 0 Å². The largest absolute Gasteiger partial charge is 2.00 e. The molecule has 24 heavy (non-hydrogen) atoms. The molecule has 0 aromatic carbocycles. The predicted octanol–water partition coefficient (Wildman–Crippen LogP) is -3.70. The molecule has 3 rings (SSSR count). The predicted molar refractivity (Wildman–Crippen MR) is 89.7 cm³/mol. The van der Waals surface area contributed by atoms with Crippen LogP contribution in [0.2, 0.25) is 0 Å². The number of halogens is 2. The summed E-state index contributed by atoms with van der Waals surface area (Å²) in [4.78, 5) is 0. The molecule has 5 nitrogen and oxygen atoms in total. The molecule has 3 aliphatic heterocycles. The van der Waals surface area contributed by atoms with Crippen LogP contribution in [-0.4, -0.2) is 113 Å². The second-order valence-corrected chi connectivity index (χ2v) is 4.94. The average molecular weight is 648 g/mol. The van der Waals surface area contributed by atoms with Crippen molar-refractivity contribution in [2.75, 3.05) is 67.1 Å². The van der Waals surface area contributed by atoms with Gasteiger partial charge in [0.2, 0.25) is 0 Å². The van der Waals surface area contributed by atoms with Crippen LogP contribution in [0, 0.1) is 0 Å². The summed E-state index contributed by atoms with van der Waals surface area (Å²) in [5.74, 6) is 0. The van der Waals surface area contributed by atoms with Crippen LogP contribution in [0.1, 0.15) is 38.5 Å². The Morgan fingerprint density at radius 3 is 0.833 bits per heavy atom. The fourth-order valence-electron chi connectivity index (χ4n) is 1.70. The van der Waals surface area contributed by atoms with Crippen molar-refractivity contribution in [1.29, 1.82) is 0 Å². The second kappa shape index (κ2) is 33.3. The van der Waals surface area contributed by atoms with E-state index in [0.717, 1.165) is 39.6 Å². The molecule has 3 aliphatic rings. The van der Waals surface area contributed by atoms with Crippen LogP contribution < -0.4 is 48.0 Å². The third kappa shape index (κ3) is 32.4. The van der Waals surface area contributed by atoms with Gasteiger partial charge in [0.05, 0.1) is 13.2 Å². The molecule has 0 aliphatic carbocycles. The van der Waals surface area contributed by atoms with Crippen LogP contribution in [0.4, 0.5) is 0 Å². The Morgan fingerprint density at radius 1 is 0.542 bits per heavy atom. The van der Waals surface area contributed by atoms with E-state index in [2.05, 4.69) is 9.47 Å². The summed E-state index contributed by atoms with van der Waals surface area (Å²) in [6.45, 7) is 7.38. The van der Waals surface area contributed by atoms with Crippen LogP contribution in [0.5, 0.6) is 0 Å². The minimum Gasteiger partial charge on any atom is -1.00 e. The van der Waals surface area contributed by atoms with Crippen molar-refractivity contribution in [2.45, 2.75) is 38.5 Å². The van der Waals surface area contributed by atoms with Crippen molar-refractivity contribution in [1.82, 2.24) is 0 Å². The molecule has 3 heterocycles. The summed E-state index contributed by atoms with van der Waals surface area (Å²) in [6, 6.07) is 0. The SMILES string of the molecule is C1CCOC1.C1CCOC1.C1CCOC1.COCCOC.[I-].[I-].[Sr+2]. The van der Waals surface area contributed by atoms with Gasteiger partial charge in [0.1, 0.15) is 0 Å². The van der Waals surface area contributed by atoms with Crippen LogP contribution >= 0.6 is 0 Å². The molecular weight excluding hydrogens is 614 g/mol. The van der Waals surface area contributed by atoms with E-state index < -0.39 is 0 Å². The maximum atomic E-state index is 4.94. The molecular formula is C16H34I2O5Sr. The first kappa shape index (κ1) is 34.3. The molecule has 0 N–H and O–H groups in total. The number of hydrogen-bond acceptors (Lipinski definition) is 5. The molecule has 0 amide bonds. The smallest absolute Gasteiger partial charge is 1.00 e. The third-order valence-corrected chi connectivity index (χ3v) is 2.97. The van der Waals surface area contributed by atoms with Crippen LogP contribution in [-0.2, 0) is 23.7 Å². The standard InChI is InChI=1S/C4H10O2.3C4H8O.2HI.Sr/c1-5-3-4-6-2;3*1-2-4-5-3-1;;;/h3-4H2,1-2H3;3*1-4H2;2*1H;/q;;;;;;+2/p-2. The number of hydrogen-bond donors (Lipinski definition) is 0. The Bertz CT molecular complexity index is 131. The number of rotatable bonds is 3. The second-order valence-electron chi connectivity index (χ2n) is 4.94. The molecule has 0 unspecified atom stereocenters. The number of methoxy groups -OCH3 is 2. The molecule has 0 atom stereocenters. The Balaban J connectivity index is -0.000000107. The molecule has 3 fully saturated rings. The van der Waals surface area contributed by atoms with Crippen molar-refractivity contribution in [3.8, 4) is 0 Å². The Morgan fingerprint density at radius 2 is 0.750 bits per heavy atom. The van der Waals surface area contributed by atoms with Gasteiger partial charge in [0, 0.05) is 53.9 Å². The van der Waals surface area contributed by atoms with Gasteiger partial charge in [-0.2, -0.15) is 0 Å². The van der Waals surface area contributed by atoms with Crippen molar-refractivity contribution >= 4 is 45.5 Å². The van der Waals surface area contributed by atoms with Crippen LogP contribution in [0.25, 0.3) is 0 Å². The Kier molecular flexibility index (Phi) is 47.6. The summed E-state index contributed by atoms with van der Waals surface area (Å²) < 4.78 is 24.1. The quantitative estimate of drug-likeness (QED) is 0.180. The van der Waals surface area contributed by atoms with E-state index in [-0.39, 0.29) is 93.4 Å². The first-order valence-electron chi connectivity index (χ1n) is 8.13. The van der Waals surface area contributed by atoms with Gasteiger partial charge in [0.25, 0.3) is 0 Å². The van der Waals surface area contributed by atoms with Gasteiger partial charge in [-0.3, -0.25) is 0 Å². The zero-order chi connectivity index (χ0) is 15.4. The molecule has 8 heteroatoms. The summed E-state index contributed by atoms with van der Waals surface area (Å²) in [5, 5.41) is 0. The minimum absolute atomic E-state index is 0. The van der Waals surface area contributed by atoms with Gasteiger partial charge in [-0.1, -0.05) is 0 Å². The Hall–Kier alpha value is 2.74. The summed E-state index contributed by atoms with van der Waals surface area (Å²) >= 11 is 0. The van der Waals surface area contributed by atoms with Gasteiger partial charge in [-0.15, -0.1) is 0 Å². The van der Waals surface area contributed by atoms with Gasteiger partial charge >= 0.3 is 45.5 Å². The monoisotopic (exact) mass is 648 g/mol. The van der Waals surface area contributed by atoms with Gasteiger partial charge in [-0.25, -0.2) is 0 Å². The first-order chi connectivity index (χ1) is 10.4. The molecule has 0 spiro atoms. The number of ether oxygens (including phenoxy) is 5. The van der Waals surface area contributed by atoms with E-state index in [1.807, 2.05) is 0 Å². The summed E-state index contributed by atoms with van der Waals surface area (Å²) in [6.07, 6.45) is 7.67. The van der Waals surface area contributed by atoms with E-state index in [1.165, 1.54) is 38.5 Å². The zero-order valence-corrected chi connectivity index (χ0v) is 23.2. The van der Waals surface area contributed by atoms with Crippen molar-refractivity contribution in [2.24, 2.45) is 0 Å². The normalized spacial score (nSPS) is 17.2. The van der Waals surface area contributed by atoms with E-state index in [4.69, 9.17) is 14.2 Å². The van der Waals surface area contributed by atoms with Crippen LogP contribution in [0.3, 0.4) is 0 Å². The van der Waals surface area contributed by atoms with E-state index >= 15 is 0 Å². The van der Waals surface area contributed by atoms with Gasteiger partial charge in [-0.05, 0) is 38.5 Å². The maximum absolute atomic E-state index is 4.94. The van der Waals surface area contributed by atoms with E-state index in [0.29, 0.717) is 13.2 Å². The van der Waals surface area contributed by atoms with E-state index in [1.54, 1.807) is 14.2 Å². The van der Waals surface area contributed by atoms with E-state index in [9.17, 15) is 0 Å². The van der Waals surface area contributed by atoms with Crippen molar-refractivity contribution in [3.63, 3.8) is 0 Å². The molecule has 3 saturated heterocycles. The maximum Gasteiger partial charge on any atom is 2.00 e. The topological polar surface area (TPSA) is 46.2 Å². The molecule has 0 radical (unpaired) electrons. The van der Waals surface area contributed by atoms with Gasteiger partial charge in [0.15, 0.2) is 0 Å². The van der Waals surface area contributed by atoms with Crippen molar-refractivity contribution < 1.29 is 71.6 Å². The minimum atomic E-state index is 0. The molecule has 0 aromatic rings. The molecule has 0 saturated carbocycles. The molecule has 0 aromatic heterocycles. The van der Waals surface area contributed by atoms with Crippen molar-refractivity contribution in [3.05, 3.63) is 0 Å². The summed E-state index contributed by atoms with van der Waals surface area (Å²) in [5.41, 5.74) is 0. The average Bonchev–Trinajstić information content (AvgIpc) is 3.33. The zero-order valence-electron chi connectivity index (χ0n) is 15.4. The Labute approximate surface area is 219 Å². The molecule has 0 bridgehead atoms. The fraction of sp³-hybridized carbons (Fsp3) is 1.00. The third-order valence-electron chi connectivity index (χ3n) is 2.97. The molecule has 144 valence electrons. The fourth-order valence-corrected chi connectivity index (χ4v) is 1.70.